The molecule has 0 aliphatic rings. The minimum atomic E-state index is 0.404. The van der Waals surface area contributed by atoms with Crippen LogP contribution >= 0.6 is 12.2 Å². The van der Waals surface area contributed by atoms with Crippen molar-refractivity contribution in [2.45, 2.75) is 13.8 Å². The van der Waals surface area contributed by atoms with Crippen LogP contribution in [0.2, 0.25) is 0 Å². The van der Waals surface area contributed by atoms with Crippen molar-refractivity contribution in [3.05, 3.63) is 58.4 Å². The van der Waals surface area contributed by atoms with Crippen LogP contribution in [0.4, 0.5) is 5.69 Å². The molecule has 1 aromatic heterocycles. The minimum absolute atomic E-state index is 0.404. The maximum atomic E-state index is 5.53. The molecule has 0 amide bonds. The van der Waals surface area contributed by atoms with E-state index >= 15 is 0 Å². The fourth-order valence-electron chi connectivity index (χ4n) is 2.22. The molecule has 100 valence electrons. The summed E-state index contributed by atoms with van der Waals surface area (Å²) >= 11 is 5.24. The van der Waals surface area contributed by atoms with Gasteiger partial charge in [0, 0.05) is 0 Å². The van der Waals surface area contributed by atoms with E-state index in [9.17, 15) is 0 Å². The minimum Gasteiger partial charge on any atom is -0.429 e. The number of rotatable bonds is 2. The number of oxazole rings is 1. The summed E-state index contributed by atoms with van der Waals surface area (Å²) in [5.74, 6) is 0. The zero-order valence-electron chi connectivity index (χ0n) is 11.3. The molecule has 0 radical (unpaired) electrons. The molecule has 0 bridgehead atoms. The predicted molar refractivity (Wildman–Crippen MR) is 84.5 cm³/mol. The molecule has 3 nitrogen and oxygen atoms in total. The van der Waals surface area contributed by atoms with Gasteiger partial charge in [-0.2, -0.15) is 0 Å². The molecule has 0 spiro atoms. The highest BCUT2D eigenvalue weighted by Gasteiger charge is 2.04. The highest BCUT2D eigenvalue weighted by molar-refractivity contribution is 7.71. The summed E-state index contributed by atoms with van der Waals surface area (Å²) in [4.78, 5) is 4.97. The highest BCUT2D eigenvalue weighted by Crippen LogP contribution is 2.23. The summed E-state index contributed by atoms with van der Waals surface area (Å²) in [6.45, 7) is 4.10. The van der Waals surface area contributed by atoms with Crippen LogP contribution in [0.1, 0.15) is 11.1 Å². The first-order valence-corrected chi connectivity index (χ1v) is 6.78. The van der Waals surface area contributed by atoms with Crippen molar-refractivity contribution < 1.29 is 4.42 Å². The van der Waals surface area contributed by atoms with Gasteiger partial charge in [0.05, 0.1) is 11.2 Å². The number of aryl methyl sites for hydroxylation is 2. The molecule has 3 aromatic rings. The largest absolute Gasteiger partial charge is 0.429 e. The van der Waals surface area contributed by atoms with Gasteiger partial charge in [-0.1, -0.05) is 30.3 Å². The van der Waals surface area contributed by atoms with Gasteiger partial charge < -0.3 is 4.42 Å². The van der Waals surface area contributed by atoms with Crippen LogP contribution in [0.15, 0.2) is 51.9 Å². The van der Waals surface area contributed by atoms with E-state index in [0.29, 0.717) is 4.84 Å². The first kappa shape index (κ1) is 12.8. The summed E-state index contributed by atoms with van der Waals surface area (Å²) < 4.78 is 7.32. The summed E-state index contributed by atoms with van der Waals surface area (Å²) in [5, 5.41) is 0. The molecule has 0 saturated carbocycles. The maximum absolute atomic E-state index is 5.53. The quantitative estimate of drug-likeness (QED) is 0.384. The molecule has 0 aliphatic heterocycles. The van der Waals surface area contributed by atoms with Gasteiger partial charge in [0.1, 0.15) is 6.34 Å². The SMILES string of the molecule is Cc1cccc(C)c1N=Cn1c(=S)oc2ccccc21. The van der Waals surface area contributed by atoms with Crippen molar-refractivity contribution >= 4 is 35.3 Å². The molecule has 0 N–H and O–H groups in total. The Morgan fingerprint density at radius 1 is 1.05 bits per heavy atom. The van der Waals surface area contributed by atoms with Crippen LogP contribution < -0.4 is 0 Å². The molecular formula is C16H14N2OS. The van der Waals surface area contributed by atoms with Crippen molar-refractivity contribution in [1.29, 1.82) is 0 Å². The topological polar surface area (TPSA) is 30.4 Å². The second kappa shape index (κ2) is 5.06. The number of para-hydroxylation sites is 3. The second-order valence-corrected chi connectivity index (χ2v) is 5.04. The van der Waals surface area contributed by atoms with E-state index in [1.807, 2.05) is 56.3 Å². The maximum Gasteiger partial charge on any atom is 0.275 e. The first-order valence-electron chi connectivity index (χ1n) is 6.37. The van der Waals surface area contributed by atoms with Gasteiger partial charge in [0.2, 0.25) is 0 Å². The number of aromatic nitrogens is 1. The van der Waals surface area contributed by atoms with E-state index < -0.39 is 0 Å². The van der Waals surface area contributed by atoms with Gasteiger partial charge >= 0.3 is 0 Å². The van der Waals surface area contributed by atoms with E-state index in [1.54, 1.807) is 10.9 Å². The van der Waals surface area contributed by atoms with Crippen molar-refractivity contribution in [1.82, 2.24) is 4.57 Å². The van der Waals surface area contributed by atoms with E-state index in [0.717, 1.165) is 27.9 Å². The Balaban J connectivity index is 2.12. The number of fused-ring (bicyclic) bond motifs is 1. The molecule has 0 saturated heterocycles. The lowest BCUT2D eigenvalue weighted by Crippen LogP contribution is -1.94. The third-order valence-electron chi connectivity index (χ3n) is 3.26. The molecule has 0 fully saturated rings. The Kier molecular flexibility index (Phi) is 3.24. The van der Waals surface area contributed by atoms with Crippen molar-refractivity contribution in [3.63, 3.8) is 0 Å². The lowest BCUT2D eigenvalue weighted by molar-refractivity contribution is 0.575. The van der Waals surface area contributed by atoms with Gasteiger partial charge in [0.15, 0.2) is 5.58 Å². The predicted octanol–water partition coefficient (Wildman–Crippen LogP) is 4.79. The van der Waals surface area contributed by atoms with E-state index in [-0.39, 0.29) is 0 Å². The molecule has 2 aromatic carbocycles. The number of hydrogen-bond acceptors (Lipinski definition) is 3. The fourth-order valence-corrected chi connectivity index (χ4v) is 2.45. The van der Waals surface area contributed by atoms with Crippen LogP contribution in [-0.2, 0) is 0 Å². The van der Waals surface area contributed by atoms with Crippen LogP contribution in [-0.4, -0.2) is 10.9 Å². The fraction of sp³-hybridized carbons (Fsp3) is 0.125. The van der Waals surface area contributed by atoms with Crippen LogP contribution in [0, 0.1) is 18.7 Å². The molecule has 0 atom stereocenters. The molecular weight excluding hydrogens is 268 g/mol. The summed E-state index contributed by atoms with van der Waals surface area (Å²) in [6, 6.07) is 13.9. The van der Waals surface area contributed by atoms with Crippen molar-refractivity contribution in [2.24, 2.45) is 4.99 Å². The van der Waals surface area contributed by atoms with Gasteiger partial charge in [-0.15, -0.1) is 0 Å². The van der Waals surface area contributed by atoms with Crippen LogP contribution in [0.25, 0.3) is 11.1 Å². The average molecular weight is 282 g/mol. The number of hydrogen-bond donors (Lipinski definition) is 0. The lowest BCUT2D eigenvalue weighted by atomic mass is 10.1. The highest BCUT2D eigenvalue weighted by atomic mass is 32.1. The third kappa shape index (κ3) is 2.18. The number of benzene rings is 2. The summed E-state index contributed by atoms with van der Waals surface area (Å²) in [7, 11) is 0. The van der Waals surface area contributed by atoms with Gasteiger partial charge in [-0.05, 0) is 49.3 Å². The smallest absolute Gasteiger partial charge is 0.275 e. The van der Waals surface area contributed by atoms with E-state index in [2.05, 4.69) is 4.99 Å². The van der Waals surface area contributed by atoms with Gasteiger partial charge in [-0.3, -0.25) is 4.57 Å². The third-order valence-corrected chi connectivity index (χ3v) is 3.54. The Bertz CT molecular complexity index is 838. The average Bonchev–Trinajstić information content (AvgIpc) is 2.74. The second-order valence-electron chi connectivity index (χ2n) is 4.69. The summed E-state index contributed by atoms with van der Waals surface area (Å²) in [6.07, 6.45) is 1.73. The molecule has 1 heterocycles. The molecule has 20 heavy (non-hydrogen) atoms. The van der Waals surface area contributed by atoms with Gasteiger partial charge in [-0.25, -0.2) is 4.99 Å². The van der Waals surface area contributed by atoms with Gasteiger partial charge in [0.25, 0.3) is 4.84 Å². The van der Waals surface area contributed by atoms with E-state index in [1.165, 1.54) is 0 Å². The standard InChI is InChI=1S/C16H14N2OS/c1-11-6-5-7-12(2)15(11)17-10-18-13-8-3-4-9-14(13)19-16(18)20/h3-10H,1-2H3. The molecule has 0 aliphatic carbocycles. The zero-order valence-corrected chi connectivity index (χ0v) is 12.1. The Morgan fingerprint density at radius 2 is 1.75 bits per heavy atom. The van der Waals surface area contributed by atoms with E-state index in [4.69, 9.17) is 16.6 Å². The first-order chi connectivity index (χ1) is 9.66. The van der Waals surface area contributed by atoms with Crippen LogP contribution in [0.3, 0.4) is 0 Å². The number of aliphatic imine (C=N–C) groups is 1. The normalized spacial score (nSPS) is 11.5. The molecule has 0 unspecified atom stereocenters. The Labute approximate surface area is 122 Å². The Hall–Kier alpha value is -2.20. The van der Waals surface area contributed by atoms with Crippen molar-refractivity contribution in [3.8, 4) is 0 Å². The number of nitrogens with zero attached hydrogens (tertiary/aromatic N) is 2. The lowest BCUT2D eigenvalue weighted by Gasteiger charge is -2.03. The molecule has 3 rings (SSSR count). The monoisotopic (exact) mass is 282 g/mol. The Morgan fingerprint density at radius 3 is 2.50 bits per heavy atom. The van der Waals surface area contributed by atoms with Crippen molar-refractivity contribution in [2.75, 3.05) is 0 Å². The molecule has 4 heteroatoms. The zero-order chi connectivity index (χ0) is 14.1. The summed E-state index contributed by atoms with van der Waals surface area (Å²) in [5.41, 5.74) is 4.94. The van der Waals surface area contributed by atoms with Crippen LogP contribution in [0.5, 0.6) is 0 Å².